The van der Waals surface area contributed by atoms with Gasteiger partial charge in [0.05, 0.1) is 23.7 Å². The van der Waals surface area contributed by atoms with Gasteiger partial charge in [-0.25, -0.2) is 8.42 Å². The van der Waals surface area contributed by atoms with Crippen molar-refractivity contribution < 1.29 is 22.7 Å². The summed E-state index contributed by atoms with van der Waals surface area (Å²) in [5.74, 6) is 0.336. The molecule has 2 atom stereocenters. The first-order valence-corrected chi connectivity index (χ1v) is 11.0. The molecule has 1 fully saturated rings. The lowest BCUT2D eigenvalue weighted by Crippen LogP contribution is -2.48. The first-order valence-electron chi connectivity index (χ1n) is 9.59. The van der Waals surface area contributed by atoms with Crippen molar-refractivity contribution in [2.24, 2.45) is 0 Å². The number of rotatable bonds is 6. The highest BCUT2D eigenvalue weighted by Gasteiger charge is 2.32. The minimum atomic E-state index is -3.71. The largest absolute Gasteiger partial charge is 0.494 e. The lowest BCUT2D eigenvalue weighted by atomic mass is 10.2. The molecule has 0 bridgehead atoms. The Morgan fingerprint density at radius 3 is 2.41 bits per heavy atom. The Morgan fingerprint density at radius 1 is 1.14 bits per heavy atom. The van der Waals surface area contributed by atoms with E-state index >= 15 is 0 Å². The van der Waals surface area contributed by atoms with Crippen LogP contribution >= 0.6 is 0 Å². The number of ether oxygens (including phenoxy) is 2. The second-order valence-electron chi connectivity index (χ2n) is 7.02. The summed E-state index contributed by atoms with van der Waals surface area (Å²) in [6, 6.07) is 13.1. The average Bonchev–Trinajstić information content (AvgIpc) is 2.69. The van der Waals surface area contributed by atoms with Crippen molar-refractivity contribution in [1.29, 1.82) is 0 Å². The molecule has 1 saturated heterocycles. The molecular weight excluding hydrogens is 392 g/mol. The van der Waals surface area contributed by atoms with E-state index in [1.807, 2.05) is 20.8 Å². The maximum absolute atomic E-state index is 13.0. The van der Waals surface area contributed by atoms with Crippen LogP contribution in [0, 0.1) is 0 Å². The summed E-state index contributed by atoms with van der Waals surface area (Å²) in [4.78, 5) is 12.7. The van der Waals surface area contributed by atoms with Gasteiger partial charge in [0, 0.05) is 24.3 Å². The molecule has 7 nitrogen and oxygen atoms in total. The van der Waals surface area contributed by atoms with Crippen molar-refractivity contribution >= 4 is 21.6 Å². The Hall–Kier alpha value is -2.42. The van der Waals surface area contributed by atoms with Crippen LogP contribution in [0.15, 0.2) is 53.4 Å². The summed E-state index contributed by atoms with van der Waals surface area (Å²) in [5, 5.41) is 2.78. The third-order valence-corrected chi connectivity index (χ3v) is 6.37. The van der Waals surface area contributed by atoms with Gasteiger partial charge in [-0.3, -0.25) is 4.79 Å². The molecule has 8 heteroatoms. The maximum atomic E-state index is 13.0. The quantitative estimate of drug-likeness (QED) is 0.779. The average molecular weight is 419 g/mol. The third-order valence-electron chi connectivity index (χ3n) is 4.54. The number of anilines is 1. The van der Waals surface area contributed by atoms with Crippen molar-refractivity contribution in [3.63, 3.8) is 0 Å². The zero-order valence-electron chi connectivity index (χ0n) is 16.8. The highest BCUT2D eigenvalue weighted by atomic mass is 32.2. The van der Waals surface area contributed by atoms with Crippen LogP contribution in [0.2, 0.25) is 0 Å². The molecule has 0 saturated carbocycles. The predicted octanol–water partition coefficient (Wildman–Crippen LogP) is 3.14. The highest BCUT2D eigenvalue weighted by molar-refractivity contribution is 7.89. The van der Waals surface area contributed by atoms with Gasteiger partial charge in [-0.2, -0.15) is 4.31 Å². The SMILES string of the molecule is CCOc1ccc(NC(=O)c2cccc(S(=O)(=O)N3CC(C)OC(C)C3)c2)cc1. The van der Waals surface area contributed by atoms with Gasteiger partial charge < -0.3 is 14.8 Å². The summed E-state index contributed by atoms with van der Waals surface area (Å²) in [6.45, 7) is 6.73. The van der Waals surface area contributed by atoms with Gasteiger partial charge in [-0.1, -0.05) is 6.07 Å². The van der Waals surface area contributed by atoms with E-state index in [0.717, 1.165) is 0 Å². The van der Waals surface area contributed by atoms with Crippen LogP contribution in [0.3, 0.4) is 0 Å². The molecule has 29 heavy (non-hydrogen) atoms. The number of carbonyl (C=O) groups is 1. The topological polar surface area (TPSA) is 84.9 Å². The second kappa shape index (κ2) is 8.94. The molecule has 3 rings (SSSR count). The van der Waals surface area contributed by atoms with E-state index in [0.29, 0.717) is 18.0 Å². The number of hydrogen-bond acceptors (Lipinski definition) is 5. The molecule has 0 spiro atoms. The van der Waals surface area contributed by atoms with Crippen molar-refractivity contribution in [3.8, 4) is 5.75 Å². The second-order valence-corrected chi connectivity index (χ2v) is 8.96. The maximum Gasteiger partial charge on any atom is 0.255 e. The van der Waals surface area contributed by atoms with E-state index in [1.54, 1.807) is 36.4 Å². The molecule has 1 amide bonds. The van der Waals surface area contributed by atoms with Crippen molar-refractivity contribution in [3.05, 3.63) is 54.1 Å². The van der Waals surface area contributed by atoms with E-state index in [2.05, 4.69) is 5.32 Å². The number of nitrogens with zero attached hydrogens (tertiary/aromatic N) is 1. The Kier molecular flexibility index (Phi) is 6.56. The first-order chi connectivity index (χ1) is 13.8. The fraction of sp³-hybridized carbons (Fsp3) is 0.381. The Bertz CT molecular complexity index is 949. The van der Waals surface area contributed by atoms with Crippen LogP contribution in [0.5, 0.6) is 5.75 Å². The fourth-order valence-corrected chi connectivity index (χ4v) is 4.92. The lowest BCUT2D eigenvalue weighted by molar-refractivity contribution is -0.0440. The van der Waals surface area contributed by atoms with Crippen molar-refractivity contribution in [2.75, 3.05) is 25.0 Å². The van der Waals surface area contributed by atoms with Gasteiger partial charge in [0.15, 0.2) is 0 Å². The number of morpholine rings is 1. The predicted molar refractivity (Wildman–Crippen MR) is 111 cm³/mol. The Labute approximate surface area is 171 Å². The van der Waals surface area contributed by atoms with E-state index in [4.69, 9.17) is 9.47 Å². The number of benzene rings is 2. The number of sulfonamides is 1. The fourth-order valence-electron chi connectivity index (χ4n) is 3.28. The Morgan fingerprint density at radius 2 is 1.79 bits per heavy atom. The zero-order valence-corrected chi connectivity index (χ0v) is 17.6. The molecule has 0 aliphatic carbocycles. The van der Waals surface area contributed by atoms with Gasteiger partial charge in [-0.05, 0) is 63.2 Å². The molecule has 1 heterocycles. The van der Waals surface area contributed by atoms with Crippen LogP contribution in [0.25, 0.3) is 0 Å². The summed E-state index contributed by atoms with van der Waals surface area (Å²) in [5.41, 5.74) is 0.872. The molecule has 156 valence electrons. The normalized spacial score (nSPS) is 20.2. The molecular formula is C21H26N2O5S. The molecule has 2 aromatic carbocycles. The summed E-state index contributed by atoms with van der Waals surface area (Å²) in [7, 11) is -3.71. The van der Waals surface area contributed by atoms with Crippen LogP contribution in [0.4, 0.5) is 5.69 Å². The van der Waals surface area contributed by atoms with Gasteiger partial charge in [-0.15, -0.1) is 0 Å². The monoisotopic (exact) mass is 418 g/mol. The number of carbonyl (C=O) groups excluding carboxylic acids is 1. The van der Waals surface area contributed by atoms with Gasteiger partial charge in [0.25, 0.3) is 5.91 Å². The van der Waals surface area contributed by atoms with Crippen molar-refractivity contribution in [2.45, 2.75) is 37.9 Å². The van der Waals surface area contributed by atoms with Crippen LogP contribution < -0.4 is 10.1 Å². The molecule has 2 unspecified atom stereocenters. The number of amides is 1. The number of hydrogen-bond donors (Lipinski definition) is 1. The van der Waals surface area contributed by atoms with Crippen LogP contribution in [-0.4, -0.2) is 50.5 Å². The summed E-state index contributed by atoms with van der Waals surface area (Å²) >= 11 is 0. The van der Waals surface area contributed by atoms with Crippen LogP contribution in [-0.2, 0) is 14.8 Å². The molecule has 0 aromatic heterocycles. The molecule has 1 N–H and O–H groups in total. The number of nitrogens with one attached hydrogen (secondary N) is 1. The first kappa shape index (κ1) is 21.3. The van der Waals surface area contributed by atoms with E-state index in [1.165, 1.54) is 16.4 Å². The summed E-state index contributed by atoms with van der Waals surface area (Å²) < 4.78 is 38.5. The van der Waals surface area contributed by atoms with Crippen LogP contribution in [0.1, 0.15) is 31.1 Å². The summed E-state index contributed by atoms with van der Waals surface area (Å²) in [6.07, 6.45) is -0.362. The van der Waals surface area contributed by atoms with Gasteiger partial charge >= 0.3 is 0 Å². The molecule has 1 aliphatic rings. The standard InChI is InChI=1S/C21H26N2O5S/c1-4-27-19-10-8-18(9-11-19)22-21(24)17-6-5-7-20(12-17)29(25,26)23-13-15(2)28-16(3)14-23/h5-12,15-16H,4,13-14H2,1-3H3,(H,22,24). The molecule has 1 aliphatic heterocycles. The molecule has 0 radical (unpaired) electrons. The van der Waals surface area contributed by atoms with E-state index < -0.39 is 10.0 Å². The minimum absolute atomic E-state index is 0.0955. The third kappa shape index (κ3) is 5.14. The zero-order chi connectivity index (χ0) is 21.0. The lowest BCUT2D eigenvalue weighted by Gasteiger charge is -2.34. The Balaban J connectivity index is 1.77. The van der Waals surface area contributed by atoms with E-state index in [9.17, 15) is 13.2 Å². The van der Waals surface area contributed by atoms with Gasteiger partial charge in [0.2, 0.25) is 10.0 Å². The smallest absolute Gasteiger partial charge is 0.255 e. The molecule has 2 aromatic rings. The van der Waals surface area contributed by atoms with E-state index in [-0.39, 0.29) is 41.7 Å². The highest BCUT2D eigenvalue weighted by Crippen LogP contribution is 2.23. The van der Waals surface area contributed by atoms with Crippen molar-refractivity contribution in [1.82, 2.24) is 4.31 Å². The van der Waals surface area contributed by atoms with Gasteiger partial charge in [0.1, 0.15) is 5.75 Å². The minimum Gasteiger partial charge on any atom is -0.494 e.